The highest BCUT2D eigenvalue weighted by Gasteiger charge is 2.30. The van der Waals surface area contributed by atoms with Gasteiger partial charge in [0.15, 0.2) is 5.75 Å². The van der Waals surface area contributed by atoms with Crippen LogP contribution in [0.4, 0.5) is 0 Å². The highest BCUT2D eigenvalue weighted by molar-refractivity contribution is 5.29. The Morgan fingerprint density at radius 1 is 1.39 bits per heavy atom. The predicted octanol–water partition coefficient (Wildman–Crippen LogP) is 1.84. The van der Waals surface area contributed by atoms with E-state index < -0.39 is 0 Å². The minimum atomic E-state index is 0.0624. The highest BCUT2D eigenvalue weighted by Crippen LogP contribution is 2.30. The molecule has 1 aromatic rings. The van der Waals surface area contributed by atoms with Crippen LogP contribution in [0.25, 0.3) is 0 Å². The molecule has 2 atom stereocenters. The molecule has 5 nitrogen and oxygen atoms in total. The van der Waals surface area contributed by atoms with Crippen molar-refractivity contribution in [1.29, 1.82) is 0 Å². The molecule has 5 heteroatoms. The van der Waals surface area contributed by atoms with Gasteiger partial charge in [0.2, 0.25) is 0 Å². The molecular formula is C13H25N3O2. The largest absolute Gasteiger partial charge is 0.493 e. The lowest BCUT2D eigenvalue weighted by atomic mass is 9.96. The number of aromatic nitrogens is 2. The van der Waals surface area contributed by atoms with Crippen molar-refractivity contribution in [3.05, 3.63) is 11.9 Å². The van der Waals surface area contributed by atoms with Crippen LogP contribution in [-0.4, -0.2) is 37.2 Å². The summed E-state index contributed by atoms with van der Waals surface area (Å²) >= 11 is 0. The van der Waals surface area contributed by atoms with E-state index in [-0.39, 0.29) is 12.1 Å². The first kappa shape index (κ1) is 15.0. The summed E-state index contributed by atoms with van der Waals surface area (Å²) in [7, 11) is 5.35. The van der Waals surface area contributed by atoms with Crippen molar-refractivity contribution in [2.75, 3.05) is 21.3 Å². The van der Waals surface area contributed by atoms with Gasteiger partial charge in [-0.05, 0) is 19.9 Å². The van der Waals surface area contributed by atoms with Crippen LogP contribution >= 0.6 is 0 Å². The number of aryl methyl sites for hydroxylation is 1. The van der Waals surface area contributed by atoms with Gasteiger partial charge in [-0.25, -0.2) is 0 Å². The van der Waals surface area contributed by atoms with Crippen molar-refractivity contribution in [2.45, 2.75) is 39.5 Å². The van der Waals surface area contributed by atoms with Gasteiger partial charge in [0.05, 0.1) is 31.1 Å². The van der Waals surface area contributed by atoms with Gasteiger partial charge in [-0.2, -0.15) is 5.10 Å². The van der Waals surface area contributed by atoms with Crippen LogP contribution in [0.5, 0.6) is 5.75 Å². The normalized spacial score (nSPS) is 14.8. The standard InChI is InChI=1S/C13H25N3O2/c1-7-16-12(10(17-5)8-15-16)11(14-4)13(18-6)9(2)3/h8-9,11,13-14H,7H2,1-6H3. The number of rotatable bonds is 7. The van der Waals surface area contributed by atoms with Gasteiger partial charge in [-0.15, -0.1) is 0 Å². The molecule has 0 radical (unpaired) electrons. The molecule has 104 valence electrons. The van der Waals surface area contributed by atoms with E-state index in [9.17, 15) is 0 Å². The lowest BCUT2D eigenvalue weighted by Gasteiger charge is -2.29. The first-order valence-corrected chi connectivity index (χ1v) is 6.40. The van der Waals surface area contributed by atoms with Gasteiger partial charge in [-0.1, -0.05) is 13.8 Å². The number of nitrogens with zero attached hydrogens (tertiary/aromatic N) is 2. The van der Waals surface area contributed by atoms with Crippen molar-refractivity contribution in [1.82, 2.24) is 15.1 Å². The van der Waals surface area contributed by atoms with Crippen LogP contribution in [0.2, 0.25) is 0 Å². The summed E-state index contributed by atoms with van der Waals surface area (Å²) in [5, 5.41) is 7.67. The Bertz CT molecular complexity index is 342. The summed E-state index contributed by atoms with van der Waals surface area (Å²) < 4.78 is 13.0. The summed E-state index contributed by atoms with van der Waals surface area (Å²) in [6.45, 7) is 7.18. The zero-order valence-electron chi connectivity index (χ0n) is 12.2. The van der Waals surface area contributed by atoms with Crippen molar-refractivity contribution < 1.29 is 9.47 Å². The summed E-state index contributed by atoms with van der Waals surface area (Å²) in [5.74, 6) is 1.20. The average Bonchev–Trinajstić information content (AvgIpc) is 2.77. The van der Waals surface area contributed by atoms with Gasteiger partial charge in [0, 0.05) is 13.7 Å². The van der Waals surface area contributed by atoms with Gasteiger partial charge >= 0.3 is 0 Å². The van der Waals surface area contributed by atoms with E-state index in [1.165, 1.54) is 0 Å². The van der Waals surface area contributed by atoms with Crippen molar-refractivity contribution in [3.8, 4) is 5.75 Å². The molecule has 1 rings (SSSR count). The molecule has 0 bridgehead atoms. The van der Waals surface area contributed by atoms with Crippen molar-refractivity contribution >= 4 is 0 Å². The molecule has 0 amide bonds. The Hall–Kier alpha value is -1.07. The second-order valence-corrected chi connectivity index (χ2v) is 4.62. The van der Waals surface area contributed by atoms with E-state index >= 15 is 0 Å². The van der Waals surface area contributed by atoms with Crippen LogP contribution in [0, 0.1) is 5.92 Å². The number of hydrogen-bond acceptors (Lipinski definition) is 4. The zero-order valence-corrected chi connectivity index (χ0v) is 12.2. The average molecular weight is 255 g/mol. The quantitative estimate of drug-likeness (QED) is 0.807. The molecule has 0 fully saturated rings. The minimum absolute atomic E-state index is 0.0624. The van der Waals surface area contributed by atoms with Gasteiger partial charge < -0.3 is 14.8 Å². The van der Waals surface area contributed by atoms with E-state index in [1.54, 1.807) is 20.4 Å². The van der Waals surface area contributed by atoms with Gasteiger partial charge in [0.25, 0.3) is 0 Å². The fourth-order valence-corrected chi connectivity index (χ4v) is 2.35. The van der Waals surface area contributed by atoms with E-state index in [0.29, 0.717) is 5.92 Å². The van der Waals surface area contributed by atoms with Gasteiger partial charge in [0.1, 0.15) is 0 Å². The maximum Gasteiger partial charge on any atom is 0.161 e. The lowest BCUT2D eigenvalue weighted by molar-refractivity contribution is 0.0317. The molecule has 0 aliphatic carbocycles. The summed E-state index contributed by atoms with van der Waals surface area (Å²) in [6, 6.07) is 0.0624. The molecule has 1 N–H and O–H groups in total. The summed E-state index contributed by atoms with van der Waals surface area (Å²) in [4.78, 5) is 0. The molecular weight excluding hydrogens is 230 g/mol. The second-order valence-electron chi connectivity index (χ2n) is 4.62. The number of likely N-dealkylation sites (N-methyl/N-ethyl adjacent to an activating group) is 1. The smallest absolute Gasteiger partial charge is 0.161 e. The number of ether oxygens (including phenoxy) is 2. The maximum absolute atomic E-state index is 5.63. The third kappa shape index (κ3) is 2.84. The van der Waals surface area contributed by atoms with Crippen LogP contribution in [0.1, 0.15) is 32.5 Å². The molecule has 0 aromatic carbocycles. The topological polar surface area (TPSA) is 48.3 Å². The number of nitrogens with one attached hydrogen (secondary N) is 1. The Morgan fingerprint density at radius 2 is 2.06 bits per heavy atom. The minimum Gasteiger partial charge on any atom is -0.493 e. The van der Waals surface area contributed by atoms with E-state index in [2.05, 4.69) is 31.2 Å². The Labute approximate surface area is 109 Å². The summed E-state index contributed by atoms with van der Waals surface area (Å²) in [5.41, 5.74) is 1.04. The fourth-order valence-electron chi connectivity index (χ4n) is 2.35. The molecule has 1 aromatic heterocycles. The maximum atomic E-state index is 5.63. The SMILES string of the molecule is CCn1ncc(OC)c1C(NC)C(OC)C(C)C. The predicted molar refractivity (Wildman–Crippen MR) is 71.9 cm³/mol. The van der Waals surface area contributed by atoms with Crippen LogP contribution < -0.4 is 10.1 Å². The van der Waals surface area contributed by atoms with Crippen LogP contribution in [0.15, 0.2) is 6.20 Å². The lowest BCUT2D eigenvalue weighted by Crippen LogP contribution is -2.36. The Balaban J connectivity index is 3.17. The highest BCUT2D eigenvalue weighted by atomic mass is 16.5. The molecule has 1 heterocycles. The zero-order chi connectivity index (χ0) is 13.7. The van der Waals surface area contributed by atoms with Crippen molar-refractivity contribution in [3.63, 3.8) is 0 Å². The molecule has 0 saturated carbocycles. The third-order valence-corrected chi connectivity index (χ3v) is 3.23. The molecule has 0 saturated heterocycles. The molecule has 0 aliphatic rings. The number of methoxy groups -OCH3 is 2. The summed E-state index contributed by atoms with van der Waals surface area (Å²) in [6.07, 6.45) is 1.84. The third-order valence-electron chi connectivity index (χ3n) is 3.23. The fraction of sp³-hybridized carbons (Fsp3) is 0.769. The monoisotopic (exact) mass is 255 g/mol. The first-order valence-electron chi connectivity index (χ1n) is 6.40. The molecule has 0 spiro atoms. The van der Waals surface area contributed by atoms with Crippen molar-refractivity contribution in [2.24, 2.45) is 5.92 Å². The Kier molecular flexibility index (Phi) is 5.62. The van der Waals surface area contributed by atoms with Crippen LogP contribution in [-0.2, 0) is 11.3 Å². The van der Waals surface area contributed by atoms with E-state index in [1.807, 2.05) is 11.7 Å². The van der Waals surface area contributed by atoms with Crippen LogP contribution in [0.3, 0.4) is 0 Å². The molecule has 0 aliphatic heterocycles. The first-order chi connectivity index (χ1) is 8.60. The van der Waals surface area contributed by atoms with Gasteiger partial charge in [-0.3, -0.25) is 4.68 Å². The number of hydrogen-bond donors (Lipinski definition) is 1. The van der Waals surface area contributed by atoms with E-state index in [4.69, 9.17) is 9.47 Å². The second kappa shape index (κ2) is 6.75. The Morgan fingerprint density at radius 3 is 2.44 bits per heavy atom. The van der Waals surface area contributed by atoms with E-state index in [0.717, 1.165) is 18.0 Å². The molecule has 2 unspecified atom stereocenters. The molecule has 18 heavy (non-hydrogen) atoms.